The number of aryl methyl sites for hydroxylation is 1. The minimum Gasteiger partial charge on any atom is -0.369 e. The van der Waals surface area contributed by atoms with Crippen molar-refractivity contribution in [3.63, 3.8) is 0 Å². The van der Waals surface area contributed by atoms with Gasteiger partial charge in [0.15, 0.2) is 0 Å². The maximum atomic E-state index is 12.3. The van der Waals surface area contributed by atoms with Gasteiger partial charge >= 0.3 is 0 Å². The number of amides is 2. The Bertz CT molecular complexity index is 771. The third-order valence-electron chi connectivity index (χ3n) is 4.28. The first kappa shape index (κ1) is 16.0. The summed E-state index contributed by atoms with van der Waals surface area (Å²) in [5, 5.41) is 6.44. The Kier molecular flexibility index (Phi) is 4.24. The van der Waals surface area contributed by atoms with Gasteiger partial charge in [0.2, 0.25) is 17.7 Å². The second-order valence-corrected chi connectivity index (χ2v) is 6.11. The van der Waals surface area contributed by atoms with Crippen LogP contribution in [0, 0.1) is 6.92 Å². The lowest BCUT2D eigenvalue weighted by molar-refractivity contribution is -0.119. The number of rotatable bonds is 4. The van der Waals surface area contributed by atoms with E-state index >= 15 is 0 Å². The van der Waals surface area contributed by atoms with Crippen molar-refractivity contribution in [1.29, 1.82) is 0 Å². The summed E-state index contributed by atoms with van der Waals surface area (Å²) in [6.07, 6.45) is 0.584. The van der Waals surface area contributed by atoms with Crippen LogP contribution in [0.5, 0.6) is 0 Å². The first-order valence-electron chi connectivity index (χ1n) is 7.83. The number of nitrogens with one attached hydrogen (secondary N) is 1. The summed E-state index contributed by atoms with van der Waals surface area (Å²) in [5.41, 5.74) is 7.97. The van der Waals surface area contributed by atoms with Crippen molar-refractivity contribution in [3.8, 4) is 0 Å². The number of fused-ring (bicyclic) bond motifs is 1. The Morgan fingerprint density at radius 2 is 2.17 bits per heavy atom. The van der Waals surface area contributed by atoms with Gasteiger partial charge in [0, 0.05) is 17.8 Å². The Balaban J connectivity index is 1.80. The van der Waals surface area contributed by atoms with Gasteiger partial charge in [0.25, 0.3) is 0 Å². The monoisotopic (exact) mass is 328 g/mol. The second kappa shape index (κ2) is 6.35. The first-order chi connectivity index (χ1) is 11.5. The average Bonchev–Trinajstić information content (AvgIpc) is 2.94. The number of carbonyl (C=O) groups is 2. The third kappa shape index (κ3) is 3.10. The normalized spacial score (nSPS) is 19.7. The molecule has 7 heteroatoms. The number of primary amides is 1. The van der Waals surface area contributed by atoms with Crippen LogP contribution in [0.25, 0.3) is 0 Å². The summed E-state index contributed by atoms with van der Waals surface area (Å²) in [6, 6.07) is 9.24. The van der Waals surface area contributed by atoms with E-state index in [1.54, 1.807) is 13.0 Å². The number of nitrogens with zero attached hydrogens (tertiary/aromatic N) is 2. The van der Waals surface area contributed by atoms with Crippen LogP contribution in [0.1, 0.15) is 30.5 Å². The fourth-order valence-electron chi connectivity index (χ4n) is 3.14. The summed E-state index contributed by atoms with van der Waals surface area (Å²) in [4.78, 5) is 26.0. The lowest BCUT2D eigenvalue weighted by Gasteiger charge is -2.39. The fourth-order valence-corrected chi connectivity index (χ4v) is 3.14. The molecule has 126 valence electrons. The molecular weight excluding hydrogens is 308 g/mol. The van der Waals surface area contributed by atoms with Crippen molar-refractivity contribution < 1.29 is 14.1 Å². The molecule has 2 aromatic rings. The number of hydrogen-bond donors (Lipinski definition) is 2. The standard InChI is InChI=1S/C17H20N4O3/c1-10-7-16(24-20-10)19-15(22)9-21-11(2)8-13(17(18)23)12-5-3-4-6-14(12)21/h3-7,11,13H,8-9H2,1-2H3,(H2,18,23)(H,19,22). The summed E-state index contributed by atoms with van der Waals surface area (Å²) >= 11 is 0. The van der Waals surface area contributed by atoms with Crippen LogP contribution in [-0.2, 0) is 9.59 Å². The van der Waals surface area contributed by atoms with Gasteiger partial charge in [-0.05, 0) is 31.9 Å². The molecule has 2 amide bonds. The summed E-state index contributed by atoms with van der Waals surface area (Å²) in [7, 11) is 0. The molecule has 3 rings (SSSR count). The number of aromatic nitrogens is 1. The van der Waals surface area contributed by atoms with Crippen molar-refractivity contribution in [2.45, 2.75) is 32.2 Å². The summed E-state index contributed by atoms with van der Waals surface area (Å²) in [5.74, 6) is -0.543. The average molecular weight is 328 g/mol. The van der Waals surface area contributed by atoms with Crippen LogP contribution in [0.15, 0.2) is 34.9 Å². The van der Waals surface area contributed by atoms with Gasteiger partial charge < -0.3 is 15.2 Å². The van der Waals surface area contributed by atoms with Crippen LogP contribution in [0.2, 0.25) is 0 Å². The van der Waals surface area contributed by atoms with E-state index in [-0.39, 0.29) is 30.3 Å². The first-order valence-corrected chi connectivity index (χ1v) is 7.83. The van der Waals surface area contributed by atoms with Crippen molar-refractivity contribution in [2.75, 3.05) is 16.8 Å². The van der Waals surface area contributed by atoms with E-state index in [9.17, 15) is 9.59 Å². The van der Waals surface area contributed by atoms with Crippen molar-refractivity contribution in [1.82, 2.24) is 5.16 Å². The van der Waals surface area contributed by atoms with Gasteiger partial charge in [0.1, 0.15) is 0 Å². The van der Waals surface area contributed by atoms with E-state index < -0.39 is 0 Å². The fraction of sp³-hybridized carbons (Fsp3) is 0.353. The maximum Gasteiger partial charge on any atom is 0.246 e. The van der Waals surface area contributed by atoms with Crippen LogP contribution >= 0.6 is 0 Å². The van der Waals surface area contributed by atoms with Crippen LogP contribution in [0.4, 0.5) is 11.6 Å². The molecule has 1 aromatic heterocycles. The molecule has 24 heavy (non-hydrogen) atoms. The predicted octanol–water partition coefficient (Wildman–Crippen LogP) is 1.79. The minimum absolute atomic E-state index is 0.0135. The maximum absolute atomic E-state index is 12.3. The molecule has 0 saturated carbocycles. The molecule has 0 fully saturated rings. The molecular formula is C17H20N4O3. The molecule has 7 nitrogen and oxygen atoms in total. The van der Waals surface area contributed by atoms with Gasteiger partial charge in [-0.2, -0.15) is 0 Å². The zero-order chi connectivity index (χ0) is 17.3. The highest BCUT2D eigenvalue weighted by molar-refractivity contribution is 5.94. The molecule has 1 aliphatic heterocycles. The molecule has 0 spiro atoms. The Morgan fingerprint density at radius 1 is 1.42 bits per heavy atom. The summed E-state index contributed by atoms with van der Waals surface area (Å²) in [6.45, 7) is 3.92. The van der Waals surface area contributed by atoms with Gasteiger partial charge in [-0.25, -0.2) is 0 Å². The van der Waals surface area contributed by atoms with Crippen LogP contribution in [-0.4, -0.2) is 29.6 Å². The number of anilines is 2. The second-order valence-electron chi connectivity index (χ2n) is 6.11. The molecule has 1 aliphatic rings. The minimum atomic E-state index is -0.337. The molecule has 3 N–H and O–H groups in total. The molecule has 2 atom stereocenters. The van der Waals surface area contributed by atoms with Crippen molar-refractivity contribution >= 4 is 23.4 Å². The number of para-hydroxylation sites is 1. The van der Waals surface area contributed by atoms with Gasteiger partial charge in [-0.1, -0.05) is 23.4 Å². The number of hydrogen-bond acceptors (Lipinski definition) is 5. The number of carbonyl (C=O) groups excluding carboxylic acids is 2. The Hall–Kier alpha value is -2.83. The molecule has 1 aromatic carbocycles. The SMILES string of the molecule is Cc1cc(NC(=O)CN2c3ccccc3C(C(N)=O)CC2C)on1. The third-order valence-corrected chi connectivity index (χ3v) is 4.28. The van der Waals surface area contributed by atoms with Gasteiger partial charge in [-0.3, -0.25) is 14.9 Å². The molecule has 0 radical (unpaired) electrons. The quantitative estimate of drug-likeness (QED) is 0.891. The van der Waals surface area contributed by atoms with E-state index in [1.165, 1.54) is 0 Å². The molecule has 0 aliphatic carbocycles. The summed E-state index contributed by atoms with van der Waals surface area (Å²) < 4.78 is 5.01. The molecule has 2 unspecified atom stereocenters. The van der Waals surface area contributed by atoms with Crippen LogP contribution < -0.4 is 16.0 Å². The lowest BCUT2D eigenvalue weighted by atomic mass is 9.85. The van der Waals surface area contributed by atoms with Crippen LogP contribution in [0.3, 0.4) is 0 Å². The number of nitrogens with two attached hydrogens (primary N) is 1. The van der Waals surface area contributed by atoms with Gasteiger partial charge in [0.05, 0.1) is 18.2 Å². The Labute approximate surface area is 139 Å². The predicted molar refractivity (Wildman–Crippen MR) is 89.7 cm³/mol. The van der Waals surface area contributed by atoms with E-state index in [0.717, 1.165) is 11.3 Å². The van der Waals surface area contributed by atoms with E-state index in [2.05, 4.69) is 10.5 Å². The molecule has 0 bridgehead atoms. The van der Waals surface area contributed by atoms with Crippen molar-refractivity contribution in [3.05, 3.63) is 41.6 Å². The molecule has 2 heterocycles. The zero-order valence-corrected chi connectivity index (χ0v) is 13.7. The van der Waals surface area contributed by atoms with E-state index in [0.29, 0.717) is 18.0 Å². The highest BCUT2D eigenvalue weighted by atomic mass is 16.5. The number of benzene rings is 1. The highest BCUT2D eigenvalue weighted by Gasteiger charge is 2.33. The Morgan fingerprint density at radius 3 is 2.83 bits per heavy atom. The van der Waals surface area contributed by atoms with Gasteiger partial charge in [-0.15, -0.1) is 0 Å². The lowest BCUT2D eigenvalue weighted by Crippen LogP contribution is -2.45. The zero-order valence-electron chi connectivity index (χ0n) is 13.7. The highest BCUT2D eigenvalue weighted by Crippen LogP contribution is 2.37. The van der Waals surface area contributed by atoms with E-state index in [4.69, 9.17) is 10.3 Å². The van der Waals surface area contributed by atoms with E-state index in [1.807, 2.05) is 36.1 Å². The topological polar surface area (TPSA) is 101 Å². The smallest absolute Gasteiger partial charge is 0.246 e. The largest absolute Gasteiger partial charge is 0.369 e. The van der Waals surface area contributed by atoms with Crippen molar-refractivity contribution in [2.24, 2.45) is 5.73 Å². The molecule has 0 saturated heterocycles.